The van der Waals surface area contributed by atoms with Gasteiger partial charge in [0.25, 0.3) is 5.91 Å². The van der Waals surface area contributed by atoms with E-state index in [2.05, 4.69) is 10.4 Å². The van der Waals surface area contributed by atoms with Crippen molar-refractivity contribution in [3.8, 4) is 11.1 Å². The van der Waals surface area contributed by atoms with E-state index in [1.54, 1.807) is 11.6 Å². The molecule has 3 aromatic rings. The Morgan fingerprint density at radius 2 is 1.96 bits per heavy atom. The summed E-state index contributed by atoms with van der Waals surface area (Å²) < 4.78 is 6.48. The molecule has 134 valence electrons. The highest BCUT2D eigenvalue weighted by Gasteiger charge is 2.13. The number of nitrogens with one attached hydrogen (secondary N) is 1. The maximum atomic E-state index is 11.7. The fourth-order valence-corrected chi connectivity index (χ4v) is 2.59. The zero-order chi connectivity index (χ0) is 18.7. The van der Waals surface area contributed by atoms with Gasteiger partial charge >= 0.3 is 0 Å². The van der Waals surface area contributed by atoms with Gasteiger partial charge in [0.1, 0.15) is 0 Å². The van der Waals surface area contributed by atoms with Crippen molar-refractivity contribution in [3.05, 3.63) is 48.3 Å². The molecule has 0 atom stereocenters. The monoisotopic (exact) mass is 353 g/mol. The topological polar surface area (TPSA) is 125 Å². The number of anilines is 2. The van der Waals surface area contributed by atoms with Gasteiger partial charge < -0.3 is 21.5 Å². The second-order valence-corrected chi connectivity index (χ2v) is 5.76. The Kier molecular flexibility index (Phi) is 4.85. The Labute approximate surface area is 149 Å². The Hall–Kier alpha value is -3.39. The summed E-state index contributed by atoms with van der Waals surface area (Å²) >= 11 is 0. The normalized spacial score (nSPS) is 10.8. The maximum Gasteiger partial charge on any atom is 0.252 e. The van der Waals surface area contributed by atoms with E-state index >= 15 is 0 Å². The summed E-state index contributed by atoms with van der Waals surface area (Å²) in [7, 11) is 1.55. The lowest BCUT2D eigenvalue weighted by Gasteiger charge is -2.05. The van der Waals surface area contributed by atoms with E-state index < -0.39 is 5.91 Å². The van der Waals surface area contributed by atoms with E-state index in [1.807, 2.05) is 36.5 Å². The number of carbonyl (C=O) groups excluding carboxylic acids is 2. The quantitative estimate of drug-likeness (QED) is 0.621. The number of rotatable bonds is 6. The van der Waals surface area contributed by atoms with E-state index in [4.69, 9.17) is 16.2 Å². The third kappa shape index (κ3) is 3.50. The number of ether oxygens (including phenoxy) is 1. The van der Waals surface area contributed by atoms with Crippen LogP contribution >= 0.6 is 0 Å². The average molecular weight is 353 g/mol. The van der Waals surface area contributed by atoms with Crippen LogP contribution in [-0.2, 0) is 9.53 Å². The highest BCUT2D eigenvalue weighted by atomic mass is 16.5. The van der Waals surface area contributed by atoms with Gasteiger partial charge in [0.05, 0.1) is 36.0 Å². The molecular weight excluding hydrogens is 334 g/mol. The molecule has 3 rings (SSSR count). The smallest absolute Gasteiger partial charge is 0.252 e. The van der Waals surface area contributed by atoms with Crippen LogP contribution in [-0.4, -0.2) is 35.1 Å². The molecule has 8 nitrogen and oxygen atoms in total. The minimum absolute atomic E-state index is 0.106. The molecule has 1 aromatic carbocycles. The molecule has 0 saturated heterocycles. The van der Waals surface area contributed by atoms with Crippen molar-refractivity contribution in [1.82, 2.24) is 9.61 Å². The summed E-state index contributed by atoms with van der Waals surface area (Å²) in [6.07, 6.45) is 3.46. The first-order chi connectivity index (χ1) is 12.5. The molecule has 2 amide bonds. The van der Waals surface area contributed by atoms with Crippen molar-refractivity contribution < 1.29 is 14.3 Å². The minimum atomic E-state index is -0.617. The molecule has 5 N–H and O–H groups in total. The van der Waals surface area contributed by atoms with Gasteiger partial charge in [-0.05, 0) is 23.8 Å². The molecule has 2 aromatic heterocycles. The van der Waals surface area contributed by atoms with Gasteiger partial charge in [0, 0.05) is 24.6 Å². The first-order valence-corrected chi connectivity index (χ1v) is 7.95. The molecule has 0 saturated carbocycles. The highest BCUT2D eigenvalue weighted by molar-refractivity contribution is 6.01. The first-order valence-electron chi connectivity index (χ1n) is 7.95. The Morgan fingerprint density at radius 3 is 2.62 bits per heavy atom. The van der Waals surface area contributed by atoms with Crippen molar-refractivity contribution in [3.63, 3.8) is 0 Å². The summed E-state index contributed by atoms with van der Waals surface area (Å²) in [6.45, 7) is 0.378. The molecule has 0 spiro atoms. The molecule has 26 heavy (non-hydrogen) atoms. The molecule has 8 heteroatoms. The Balaban J connectivity index is 1.84. The van der Waals surface area contributed by atoms with Gasteiger partial charge in [-0.3, -0.25) is 9.59 Å². The van der Waals surface area contributed by atoms with E-state index in [1.165, 1.54) is 6.20 Å². The second-order valence-electron chi connectivity index (χ2n) is 5.76. The molecular formula is C18H19N5O3. The number of primary amides is 1. The standard InChI is InChI=1S/C18H19N5O3/c1-26-7-6-16(24)22-13-4-2-11(3-5-13)12-8-15-17(19)14(18(20)25)9-21-23(15)10-12/h2-5,8-10H,6-7,19H2,1H3,(H2,20,25)(H,22,24). The lowest BCUT2D eigenvalue weighted by atomic mass is 10.1. The number of nitrogens with zero attached hydrogens (tertiary/aromatic N) is 2. The number of hydrogen-bond acceptors (Lipinski definition) is 5. The van der Waals surface area contributed by atoms with E-state index in [-0.39, 0.29) is 11.5 Å². The van der Waals surface area contributed by atoms with Crippen LogP contribution in [0, 0.1) is 0 Å². The van der Waals surface area contributed by atoms with Gasteiger partial charge in [0.15, 0.2) is 0 Å². The number of nitrogens with two attached hydrogens (primary N) is 2. The third-order valence-corrected chi connectivity index (χ3v) is 3.98. The van der Waals surface area contributed by atoms with Gasteiger partial charge in [-0.1, -0.05) is 12.1 Å². The predicted molar refractivity (Wildman–Crippen MR) is 98.7 cm³/mol. The van der Waals surface area contributed by atoms with Crippen LogP contribution in [0.2, 0.25) is 0 Å². The number of benzene rings is 1. The number of amides is 2. The molecule has 0 unspecified atom stereocenters. The SMILES string of the molecule is COCCC(=O)Nc1ccc(-c2cc3c(N)c(C(N)=O)cnn3c2)cc1. The zero-order valence-corrected chi connectivity index (χ0v) is 14.2. The number of nitrogen functional groups attached to an aromatic ring is 1. The Morgan fingerprint density at radius 1 is 1.23 bits per heavy atom. The van der Waals surface area contributed by atoms with E-state index in [0.717, 1.165) is 11.1 Å². The molecule has 0 aliphatic rings. The number of aromatic nitrogens is 2. The number of hydrogen-bond donors (Lipinski definition) is 3. The van der Waals surface area contributed by atoms with Crippen LogP contribution in [0.5, 0.6) is 0 Å². The highest BCUT2D eigenvalue weighted by Crippen LogP contribution is 2.27. The van der Waals surface area contributed by atoms with Gasteiger partial charge in [-0.15, -0.1) is 0 Å². The lowest BCUT2D eigenvalue weighted by Crippen LogP contribution is -2.15. The van der Waals surface area contributed by atoms with Gasteiger partial charge in [-0.25, -0.2) is 4.52 Å². The van der Waals surface area contributed by atoms with Crippen molar-refractivity contribution in [2.24, 2.45) is 5.73 Å². The zero-order valence-electron chi connectivity index (χ0n) is 14.2. The van der Waals surface area contributed by atoms with Gasteiger partial charge in [-0.2, -0.15) is 5.10 Å². The summed E-state index contributed by atoms with van der Waals surface area (Å²) in [4.78, 5) is 23.1. The second kappa shape index (κ2) is 7.24. The van der Waals surface area contributed by atoms with E-state index in [9.17, 15) is 9.59 Å². The molecule has 0 radical (unpaired) electrons. The van der Waals surface area contributed by atoms with Crippen molar-refractivity contribution in [2.45, 2.75) is 6.42 Å². The number of carbonyl (C=O) groups is 2. The summed E-state index contributed by atoms with van der Waals surface area (Å²) in [5, 5.41) is 6.97. The van der Waals surface area contributed by atoms with Crippen LogP contribution in [0.15, 0.2) is 42.7 Å². The van der Waals surface area contributed by atoms with Crippen LogP contribution in [0.25, 0.3) is 16.6 Å². The molecule has 0 bridgehead atoms. The van der Waals surface area contributed by atoms with E-state index in [0.29, 0.717) is 29.9 Å². The van der Waals surface area contributed by atoms with Crippen LogP contribution in [0.1, 0.15) is 16.8 Å². The largest absolute Gasteiger partial charge is 0.396 e. The van der Waals surface area contributed by atoms with Crippen molar-refractivity contribution in [2.75, 3.05) is 24.8 Å². The molecule has 2 heterocycles. The first kappa shape index (κ1) is 17.4. The number of fused-ring (bicyclic) bond motifs is 1. The molecule has 0 aliphatic heterocycles. The fraction of sp³-hybridized carbons (Fsp3) is 0.167. The summed E-state index contributed by atoms with van der Waals surface area (Å²) in [6, 6.07) is 9.22. The summed E-state index contributed by atoms with van der Waals surface area (Å²) in [5.74, 6) is -0.723. The predicted octanol–water partition coefficient (Wildman–Crippen LogP) is 1.66. The minimum Gasteiger partial charge on any atom is -0.396 e. The summed E-state index contributed by atoms with van der Waals surface area (Å²) in [5.41, 5.74) is 14.9. The fourth-order valence-electron chi connectivity index (χ4n) is 2.59. The number of methoxy groups -OCH3 is 1. The van der Waals surface area contributed by atoms with Crippen LogP contribution in [0.4, 0.5) is 11.4 Å². The van der Waals surface area contributed by atoms with Gasteiger partial charge in [0.2, 0.25) is 5.91 Å². The molecule has 0 fully saturated rings. The van der Waals surface area contributed by atoms with Crippen molar-refractivity contribution in [1.29, 1.82) is 0 Å². The Bertz CT molecular complexity index is 963. The van der Waals surface area contributed by atoms with Crippen molar-refractivity contribution >= 4 is 28.7 Å². The lowest BCUT2D eigenvalue weighted by molar-refractivity contribution is -0.117. The third-order valence-electron chi connectivity index (χ3n) is 3.98. The average Bonchev–Trinajstić information content (AvgIpc) is 3.06. The molecule has 0 aliphatic carbocycles. The maximum absolute atomic E-state index is 11.7. The van der Waals surface area contributed by atoms with Crippen LogP contribution in [0.3, 0.4) is 0 Å². The van der Waals surface area contributed by atoms with Crippen LogP contribution < -0.4 is 16.8 Å².